The molecule has 5 aromatic rings. The minimum atomic E-state index is -5.57. The fraction of sp³-hybridized carbons (Fsp3) is 0.317. The lowest BCUT2D eigenvalue weighted by molar-refractivity contribution is -0.137. The van der Waals surface area contributed by atoms with E-state index in [2.05, 4.69) is 0 Å². The number of benzene rings is 4. The van der Waals surface area contributed by atoms with Crippen molar-refractivity contribution in [3.8, 4) is 11.1 Å². The summed E-state index contributed by atoms with van der Waals surface area (Å²) in [5.74, 6) is -7.81. The van der Waals surface area contributed by atoms with Crippen LogP contribution in [-0.2, 0) is 34.4 Å². The van der Waals surface area contributed by atoms with Crippen LogP contribution in [0.2, 0.25) is 0 Å². The van der Waals surface area contributed by atoms with E-state index < -0.39 is 254 Å². The SMILES string of the molecule is [2H]c1c([2H])c(F)c(F)c(C([2H])([2H])Sc2c([2H])c(=O)c3c([2H])c([2H])c([2H])c([2H])c3n2C([2H])([2H])C(=O)N(C([2H])([2H])c2c([2H])c([2H])c(-c3c([2H])c([2H])c(C(F)(F)F)c([2H])c3[2H])c([2H])c2C)C2([2H])C([2H])([2H])C([2H])([2H])N(CCOC)C([2H])([2H])C2([2H])[2H])c1[2H]. The maximum atomic E-state index is 16.1. The Labute approximate surface area is 351 Å². The number of amides is 1. The van der Waals surface area contributed by atoms with Crippen molar-refractivity contribution in [2.45, 2.75) is 55.6 Å². The maximum Gasteiger partial charge on any atom is 0.416 e. The van der Waals surface area contributed by atoms with E-state index in [4.69, 9.17) is 33.5 Å². The Balaban J connectivity index is 1.87. The molecule has 0 radical (unpaired) electrons. The monoisotopic (exact) mass is 779 g/mol. The Morgan fingerprint density at radius 3 is 2.43 bits per heavy atom. The highest BCUT2D eigenvalue weighted by Gasteiger charge is 2.31. The van der Waals surface area contributed by atoms with Crippen LogP contribution in [0.4, 0.5) is 22.0 Å². The number of methoxy groups -OCH3 is 1. The second-order valence-electron chi connectivity index (χ2n) is 10.2. The molecule has 1 aliphatic heterocycles. The van der Waals surface area contributed by atoms with Crippen LogP contribution < -0.4 is 5.43 Å². The zero-order chi connectivity index (χ0) is 64.2. The number of carbonyl (C=O) groups is 1. The fourth-order valence-corrected chi connectivity index (χ4v) is 4.87. The summed E-state index contributed by atoms with van der Waals surface area (Å²) in [4.78, 5) is 28.8. The first-order valence-corrected chi connectivity index (χ1v) is 15.4. The molecule has 0 N–H and O–H groups in total. The molecule has 0 aliphatic carbocycles. The number of carbonyl (C=O) groups excluding carboxylic acids is 1. The Bertz CT molecular complexity index is 3560. The van der Waals surface area contributed by atoms with E-state index in [1.165, 1.54) is 0 Å². The van der Waals surface area contributed by atoms with Gasteiger partial charge in [0.2, 0.25) is 5.91 Å². The lowest BCUT2D eigenvalue weighted by Gasteiger charge is -2.39. The van der Waals surface area contributed by atoms with E-state index in [0.29, 0.717) is 6.92 Å². The van der Waals surface area contributed by atoms with Crippen LogP contribution in [0.3, 0.4) is 0 Å². The molecule has 1 aromatic heterocycles. The van der Waals surface area contributed by atoms with Gasteiger partial charge >= 0.3 is 6.18 Å². The Hall–Kier alpha value is -4.52. The average molecular weight is 780 g/mol. The molecule has 0 unspecified atom stereocenters. The molecule has 0 spiro atoms. The van der Waals surface area contributed by atoms with Crippen molar-refractivity contribution in [2.24, 2.45) is 0 Å². The van der Waals surface area contributed by atoms with Crippen LogP contribution in [-0.4, -0.2) is 59.5 Å². The zero-order valence-electron chi connectivity index (χ0n) is 56.8. The number of nitrogens with zero attached hydrogens (tertiary/aromatic N) is 3. The molecule has 1 aliphatic rings. The van der Waals surface area contributed by atoms with Gasteiger partial charge in [0, 0.05) is 75.6 Å². The first kappa shape index (κ1) is 15.7. The highest BCUT2D eigenvalue weighted by atomic mass is 32.2. The second-order valence-corrected chi connectivity index (χ2v) is 11.0. The number of thioether (sulfide) groups is 1. The third-order valence-electron chi connectivity index (χ3n) is 6.72. The van der Waals surface area contributed by atoms with Crippen LogP contribution >= 0.6 is 11.8 Å². The van der Waals surface area contributed by atoms with Crippen molar-refractivity contribution in [1.82, 2.24) is 14.4 Å². The predicted molar refractivity (Wildman–Crippen MR) is 198 cm³/mol. The molecule has 0 saturated carbocycles. The molecule has 1 saturated heterocycles. The van der Waals surface area contributed by atoms with E-state index in [1.807, 2.05) is 0 Å². The molecule has 1 amide bonds. The number of likely N-dealkylation sites (tertiary alicyclic amines) is 1. The summed E-state index contributed by atoms with van der Waals surface area (Å²) in [6.45, 7) is -19.8. The van der Waals surface area contributed by atoms with Crippen molar-refractivity contribution in [3.05, 3.63) is 135 Å². The number of rotatable bonds is 12. The molecular formula is C41H40F5N3O3S. The molecule has 0 bridgehead atoms. The normalized spacial score (nSPS) is 27.5. The number of aromatic nitrogens is 1. The van der Waals surface area contributed by atoms with Crippen molar-refractivity contribution < 1.29 is 72.6 Å². The van der Waals surface area contributed by atoms with Gasteiger partial charge in [0.15, 0.2) is 17.1 Å². The molecule has 278 valence electrons. The number of alkyl halides is 3. The molecule has 53 heavy (non-hydrogen) atoms. The van der Waals surface area contributed by atoms with Crippen LogP contribution in [0.15, 0.2) is 100 Å². The lowest BCUT2D eigenvalue weighted by Crippen LogP contribution is -2.48. The molecule has 2 heterocycles. The highest BCUT2D eigenvalue weighted by molar-refractivity contribution is 7.98. The van der Waals surface area contributed by atoms with E-state index in [1.54, 1.807) is 0 Å². The van der Waals surface area contributed by atoms with Gasteiger partial charge in [0.1, 0.15) is 6.50 Å². The molecule has 1 fully saturated rings. The van der Waals surface area contributed by atoms with Crippen LogP contribution in [0, 0.1) is 18.6 Å². The van der Waals surface area contributed by atoms with Gasteiger partial charge in [-0.05, 0) is 72.1 Å². The van der Waals surface area contributed by atoms with Gasteiger partial charge in [-0.2, -0.15) is 13.2 Å². The van der Waals surface area contributed by atoms with E-state index >= 15 is 13.6 Å². The molecule has 0 atom stereocenters. The Morgan fingerprint density at radius 2 is 1.72 bits per heavy atom. The summed E-state index contributed by atoms with van der Waals surface area (Å²) in [6.07, 6.45) is -15.1. The van der Waals surface area contributed by atoms with Gasteiger partial charge in [0.25, 0.3) is 0 Å². The molecular weight excluding hydrogens is 710 g/mol. The molecule has 4 aromatic carbocycles. The van der Waals surface area contributed by atoms with Crippen molar-refractivity contribution in [3.63, 3.8) is 0 Å². The van der Waals surface area contributed by atoms with Gasteiger partial charge in [-0.1, -0.05) is 54.4 Å². The van der Waals surface area contributed by atoms with Gasteiger partial charge in [-0.3, -0.25) is 9.59 Å². The third-order valence-corrected chi connectivity index (χ3v) is 7.50. The highest BCUT2D eigenvalue weighted by Crippen LogP contribution is 2.32. The Morgan fingerprint density at radius 1 is 1.00 bits per heavy atom. The average Bonchev–Trinajstić information content (AvgIpc) is 2.31. The minimum absolute atomic E-state index is 0.224. The molecule has 12 heteroatoms. The van der Waals surface area contributed by atoms with Gasteiger partial charge in [-0.25, -0.2) is 8.78 Å². The quantitative estimate of drug-likeness (QED) is 0.0938. The number of para-hydroxylation sites is 1. The number of hydrogen-bond donors (Lipinski definition) is 0. The van der Waals surface area contributed by atoms with Gasteiger partial charge < -0.3 is 19.1 Å². The first-order valence-electron chi connectivity index (χ1n) is 29.6. The summed E-state index contributed by atoms with van der Waals surface area (Å²) in [6, 6.07) is -29.6. The van der Waals surface area contributed by atoms with Crippen molar-refractivity contribution in [1.29, 1.82) is 0 Å². The minimum Gasteiger partial charge on any atom is -0.383 e. The first-order chi connectivity index (χ1) is 37.4. The largest absolute Gasteiger partial charge is 0.416 e. The zero-order valence-corrected chi connectivity index (χ0v) is 27.6. The van der Waals surface area contributed by atoms with Gasteiger partial charge in [-0.15, -0.1) is 11.8 Å². The smallest absolute Gasteiger partial charge is 0.383 e. The topological polar surface area (TPSA) is 54.8 Å². The summed E-state index contributed by atoms with van der Waals surface area (Å²) in [5.41, 5.74) is -17.3. The summed E-state index contributed by atoms with van der Waals surface area (Å²) in [7, 11) is 0.963. The number of ether oxygens (including phenoxy) is 1. The number of hydrogen-bond acceptors (Lipinski definition) is 5. The summed E-state index contributed by atoms with van der Waals surface area (Å²) in [5, 5.41) is -3.34. The molecule has 6 nitrogen and oxygen atoms in total. The second kappa shape index (κ2) is 16.7. The molecule has 6 rings (SSSR count). The number of pyridine rings is 1. The number of fused-ring (bicyclic) bond motifs is 1. The number of piperidine rings is 1. The van der Waals surface area contributed by atoms with E-state index in [0.717, 1.165) is 7.11 Å². The predicted octanol–water partition coefficient (Wildman–Crippen LogP) is 8.71. The van der Waals surface area contributed by atoms with E-state index in [-0.39, 0.29) is 4.90 Å². The lowest BCUT2D eigenvalue weighted by atomic mass is 9.97. The fourth-order valence-electron chi connectivity index (χ4n) is 4.16. The van der Waals surface area contributed by atoms with E-state index in [9.17, 15) is 30.3 Å². The third kappa shape index (κ3) is 9.00. The van der Waals surface area contributed by atoms with Crippen LogP contribution in [0.25, 0.3) is 22.0 Å². The van der Waals surface area contributed by atoms with Crippen LogP contribution in [0.1, 0.15) is 76.1 Å². The van der Waals surface area contributed by atoms with Gasteiger partial charge in [0.05, 0.1) is 50.1 Å². The maximum absolute atomic E-state index is 16.1. The summed E-state index contributed by atoms with van der Waals surface area (Å²) >= 11 is -0.879. The standard InChI is InChI=1S/C41H40F5N3O3S/c1-27-22-29(28-12-14-32(15-13-28)41(44,45)46)10-11-30(27)24-48(33-16-18-47(19-17-33)20-21-52-2)38(51)25-49-36-9-4-3-7-34(36)37(50)23-39(49)53-26-31-6-5-8-35(42)40(31)43/h3-15,22-23,33H,16-21,24-26H2,1-2H3/i3D,4D,5D,6D,7D,8D,9D,10D,11D,12D,13D,14D,15D,16D2,17D2,18D2,19D2,22D,23D,24D2,25D2,26D2,33D. The summed E-state index contributed by atoms with van der Waals surface area (Å²) < 4.78 is 344. The Kier molecular flexibility index (Phi) is 4.93. The van der Waals surface area contributed by atoms with Crippen LogP contribution in [0.5, 0.6) is 0 Å². The number of halogens is 5. The van der Waals surface area contributed by atoms with Crippen molar-refractivity contribution >= 4 is 28.6 Å². The van der Waals surface area contributed by atoms with Crippen molar-refractivity contribution in [2.75, 3.05) is 33.3 Å².